The number of rotatable bonds is 10. The van der Waals surface area contributed by atoms with Crippen molar-refractivity contribution < 1.29 is 23.1 Å². The highest BCUT2D eigenvalue weighted by atomic mass is 19.1. The number of carbonyl (C=O) groups excluding carboxylic acids is 2. The van der Waals surface area contributed by atoms with E-state index in [4.69, 9.17) is 4.74 Å². The Morgan fingerprint density at radius 3 is 2.10 bits per heavy atom. The summed E-state index contributed by atoms with van der Waals surface area (Å²) >= 11 is 0. The molecule has 0 aliphatic heterocycles. The molecular weight excluding hydrogens is 390 g/mol. The third-order valence-corrected chi connectivity index (χ3v) is 4.51. The third-order valence-electron chi connectivity index (χ3n) is 4.51. The summed E-state index contributed by atoms with van der Waals surface area (Å²) in [6.45, 7) is 6.13. The van der Waals surface area contributed by atoms with Gasteiger partial charge in [-0.1, -0.05) is 32.9 Å². The fourth-order valence-electron chi connectivity index (χ4n) is 2.89. The van der Waals surface area contributed by atoms with Crippen LogP contribution in [0.15, 0.2) is 48.5 Å². The Labute approximate surface area is 176 Å². The Balaban J connectivity index is 2.17. The average Bonchev–Trinajstić information content (AvgIpc) is 2.72. The molecule has 30 heavy (non-hydrogen) atoms. The number of amides is 2. The zero-order chi connectivity index (χ0) is 22.1. The molecule has 0 aliphatic carbocycles. The van der Waals surface area contributed by atoms with Gasteiger partial charge in [-0.25, -0.2) is 8.78 Å². The van der Waals surface area contributed by atoms with E-state index in [9.17, 15) is 18.4 Å². The first-order valence-electron chi connectivity index (χ1n) is 10.00. The molecule has 2 rings (SSSR count). The summed E-state index contributed by atoms with van der Waals surface area (Å²) in [6.07, 6.45) is 0.410. The van der Waals surface area contributed by atoms with Crippen LogP contribution in [0.5, 0.6) is 5.75 Å². The molecule has 1 N–H and O–H groups in total. The molecule has 1 atom stereocenters. The summed E-state index contributed by atoms with van der Waals surface area (Å²) < 4.78 is 31.8. The maximum absolute atomic E-state index is 13.3. The van der Waals surface area contributed by atoms with Gasteiger partial charge in [0.2, 0.25) is 5.91 Å². The summed E-state index contributed by atoms with van der Waals surface area (Å²) in [5, 5.41) is 2.87. The van der Waals surface area contributed by atoms with Crippen molar-refractivity contribution in [3.8, 4) is 5.75 Å². The molecule has 0 fully saturated rings. The van der Waals surface area contributed by atoms with Gasteiger partial charge in [0, 0.05) is 13.1 Å². The number of carbonyl (C=O) groups is 2. The molecule has 1 unspecified atom stereocenters. The number of halogens is 2. The highest BCUT2D eigenvalue weighted by Gasteiger charge is 2.29. The molecule has 162 valence electrons. The highest BCUT2D eigenvalue weighted by molar-refractivity contribution is 5.88. The van der Waals surface area contributed by atoms with E-state index in [1.165, 1.54) is 41.3 Å². The molecule has 7 heteroatoms. The van der Waals surface area contributed by atoms with Crippen LogP contribution < -0.4 is 10.1 Å². The Morgan fingerprint density at radius 2 is 1.57 bits per heavy atom. The van der Waals surface area contributed by atoms with Gasteiger partial charge in [0.25, 0.3) is 5.91 Å². The van der Waals surface area contributed by atoms with E-state index < -0.39 is 17.8 Å². The lowest BCUT2D eigenvalue weighted by Gasteiger charge is -2.30. The largest absolute Gasteiger partial charge is 0.484 e. The molecule has 0 aromatic heterocycles. The van der Waals surface area contributed by atoms with Crippen LogP contribution in [0.2, 0.25) is 0 Å². The van der Waals surface area contributed by atoms with E-state index in [1.54, 1.807) is 12.1 Å². The van der Waals surface area contributed by atoms with Crippen LogP contribution >= 0.6 is 0 Å². The van der Waals surface area contributed by atoms with Crippen molar-refractivity contribution in [1.29, 1.82) is 0 Å². The fourth-order valence-corrected chi connectivity index (χ4v) is 2.89. The van der Waals surface area contributed by atoms with Gasteiger partial charge >= 0.3 is 0 Å². The minimum absolute atomic E-state index is 0.138. The standard InChI is InChI=1S/C23H28F2N2O3/c1-4-21(23(29)26-13-16(2)3)27(14-17-5-7-18(24)8-6-17)22(28)15-30-20-11-9-19(25)10-12-20/h5-12,16,21H,4,13-15H2,1-3H3,(H,26,29). The molecule has 5 nitrogen and oxygen atoms in total. The predicted molar refractivity (Wildman–Crippen MR) is 111 cm³/mol. The van der Waals surface area contributed by atoms with Gasteiger partial charge in [-0.3, -0.25) is 9.59 Å². The summed E-state index contributed by atoms with van der Waals surface area (Å²) in [4.78, 5) is 27.1. The molecule has 2 amide bonds. The van der Waals surface area contributed by atoms with Crippen molar-refractivity contribution in [1.82, 2.24) is 10.2 Å². The van der Waals surface area contributed by atoms with Gasteiger partial charge in [0.05, 0.1) is 0 Å². The molecule has 0 heterocycles. The monoisotopic (exact) mass is 418 g/mol. The number of nitrogens with one attached hydrogen (secondary N) is 1. The van der Waals surface area contributed by atoms with Crippen LogP contribution in [0.4, 0.5) is 8.78 Å². The lowest BCUT2D eigenvalue weighted by Crippen LogP contribution is -2.50. The van der Waals surface area contributed by atoms with Crippen molar-refractivity contribution in [3.63, 3.8) is 0 Å². The zero-order valence-electron chi connectivity index (χ0n) is 17.5. The van der Waals surface area contributed by atoms with Crippen LogP contribution in [0.1, 0.15) is 32.8 Å². The maximum Gasteiger partial charge on any atom is 0.261 e. The lowest BCUT2D eigenvalue weighted by atomic mass is 10.1. The highest BCUT2D eigenvalue weighted by Crippen LogP contribution is 2.15. The summed E-state index contributed by atoms with van der Waals surface area (Å²) in [5.41, 5.74) is 0.696. The fraction of sp³-hybridized carbons (Fsp3) is 0.391. The summed E-state index contributed by atoms with van der Waals surface area (Å²) in [7, 11) is 0. The maximum atomic E-state index is 13.3. The second-order valence-electron chi connectivity index (χ2n) is 7.45. The topological polar surface area (TPSA) is 58.6 Å². The summed E-state index contributed by atoms with van der Waals surface area (Å²) in [5.74, 6) is -0.797. The SMILES string of the molecule is CCC(C(=O)NCC(C)C)N(Cc1ccc(F)cc1)C(=O)COc1ccc(F)cc1. The smallest absolute Gasteiger partial charge is 0.261 e. The molecule has 2 aromatic carbocycles. The van der Waals surface area contributed by atoms with Crippen molar-refractivity contribution in [2.45, 2.75) is 39.8 Å². The molecule has 2 aromatic rings. The Bertz CT molecular complexity index is 823. The second-order valence-corrected chi connectivity index (χ2v) is 7.45. The zero-order valence-corrected chi connectivity index (χ0v) is 17.5. The molecule has 0 aliphatic rings. The first-order chi connectivity index (χ1) is 14.3. The van der Waals surface area contributed by atoms with E-state index >= 15 is 0 Å². The van der Waals surface area contributed by atoms with E-state index in [-0.39, 0.29) is 30.8 Å². The van der Waals surface area contributed by atoms with Gasteiger partial charge in [0.15, 0.2) is 6.61 Å². The molecule has 0 bridgehead atoms. The van der Waals surface area contributed by atoms with Crippen molar-refractivity contribution in [2.75, 3.05) is 13.2 Å². The van der Waals surface area contributed by atoms with E-state index in [0.717, 1.165) is 0 Å². The van der Waals surface area contributed by atoms with E-state index in [2.05, 4.69) is 5.32 Å². The van der Waals surface area contributed by atoms with Crippen LogP contribution in [0.25, 0.3) is 0 Å². The van der Waals surface area contributed by atoms with Crippen molar-refractivity contribution >= 4 is 11.8 Å². The average molecular weight is 418 g/mol. The minimum Gasteiger partial charge on any atom is -0.484 e. The number of benzene rings is 2. The van der Waals surface area contributed by atoms with Crippen molar-refractivity contribution in [3.05, 3.63) is 65.7 Å². The van der Waals surface area contributed by atoms with Crippen LogP contribution in [-0.4, -0.2) is 35.9 Å². The van der Waals surface area contributed by atoms with Crippen LogP contribution in [0, 0.1) is 17.6 Å². The third kappa shape index (κ3) is 7.13. The number of ether oxygens (including phenoxy) is 1. The number of hydrogen-bond acceptors (Lipinski definition) is 3. The van der Waals surface area contributed by atoms with Gasteiger partial charge in [-0.15, -0.1) is 0 Å². The molecule has 0 saturated heterocycles. The lowest BCUT2D eigenvalue weighted by molar-refractivity contribution is -0.143. The van der Waals surface area contributed by atoms with Crippen molar-refractivity contribution in [2.24, 2.45) is 5.92 Å². The first-order valence-corrected chi connectivity index (χ1v) is 10.00. The number of hydrogen-bond donors (Lipinski definition) is 1. The van der Waals surface area contributed by atoms with Gasteiger partial charge < -0.3 is 15.0 Å². The quantitative estimate of drug-likeness (QED) is 0.636. The predicted octanol–water partition coefficient (Wildman–Crippen LogP) is 3.92. The Kier molecular flexibility index (Phi) is 8.77. The van der Waals surface area contributed by atoms with Gasteiger partial charge in [0.1, 0.15) is 23.4 Å². The van der Waals surface area contributed by atoms with Crippen LogP contribution in [-0.2, 0) is 16.1 Å². The Morgan fingerprint density at radius 1 is 1.00 bits per heavy atom. The van der Waals surface area contributed by atoms with Crippen LogP contribution in [0.3, 0.4) is 0 Å². The molecular formula is C23H28F2N2O3. The van der Waals surface area contributed by atoms with E-state index in [1.807, 2.05) is 20.8 Å². The normalized spacial score (nSPS) is 11.8. The van der Waals surface area contributed by atoms with Gasteiger partial charge in [-0.05, 0) is 54.3 Å². The van der Waals surface area contributed by atoms with Gasteiger partial charge in [-0.2, -0.15) is 0 Å². The minimum atomic E-state index is -0.696. The summed E-state index contributed by atoms with van der Waals surface area (Å²) in [6, 6.07) is 10.4. The molecule has 0 radical (unpaired) electrons. The Hall–Kier alpha value is -2.96. The second kappa shape index (κ2) is 11.3. The first kappa shape index (κ1) is 23.3. The van der Waals surface area contributed by atoms with E-state index in [0.29, 0.717) is 24.3 Å². The molecule has 0 spiro atoms. The number of nitrogens with zero attached hydrogens (tertiary/aromatic N) is 1. The molecule has 0 saturated carbocycles.